The predicted octanol–water partition coefficient (Wildman–Crippen LogP) is 3.07. The zero-order valence-corrected chi connectivity index (χ0v) is 16.3. The summed E-state index contributed by atoms with van der Waals surface area (Å²) in [5, 5.41) is 4.05. The van der Waals surface area contributed by atoms with E-state index in [2.05, 4.69) is 15.1 Å². The Hall–Kier alpha value is -3.68. The van der Waals surface area contributed by atoms with Gasteiger partial charge in [0.05, 0.1) is 18.1 Å². The van der Waals surface area contributed by atoms with Gasteiger partial charge in [-0.2, -0.15) is 4.98 Å². The summed E-state index contributed by atoms with van der Waals surface area (Å²) in [5.41, 5.74) is 1.44. The first-order chi connectivity index (χ1) is 14.0. The smallest absolute Gasteiger partial charge is 0.316 e. The molecule has 0 aliphatic heterocycles. The number of fused-ring (bicyclic) bond motifs is 1. The molecule has 8 nitrogen and oxygen atoms in total. The van der Waals surface area contributed by atoms with Gasteiger partial charge in [0.2, 0.25) is 5.82 Å². The highest BCUT2D eigenvalue weighted by molar-refractivity contribution is 5.80. The summed E-state index contributed by atoms with van der Waals surface area (Å²) >= 11 is 0. The summed E-state index contributed by atoms with van der Waals surface area (Å²) in [4.78, 5) is 31.4. The molecule has 0 spiro atoms. The van der Waals surface area contributed by atoms with Crippen LogP contribution in [0.2, 0.25) is 0 Å². The number of methoxy groups -OCH3 is 1. The Labute approximate surface area is 165 Å². The van der Waals surface area contributed by atoms with E-state index in [1.165, 1.54) is 4.57 Å². The molecule has 0 saturated carbocycles. The summed E-state index contributed by atoms with van der Waals surface area (Å²) in [5.74, 6) is 1.72. The van der Waals surface area contributed by atoms with E-state index in [4.69, 9.17) is 9.26 Å². The fourth-order valence-electron chi connectivity index (χ4n) is 3.16. The van der Waals surface area contributed by atoms with Crippen LogP contribution in [-0.4, -0.2) is 26.8 Å². The van der Waals surface area contributed by atoms with Crippen molar-refractivity contribution < 1.29 is 9.26 Å². The van der Waals surface area contributed by atoms with Crippen molar-refractivity contribution in [2.45, 2.75) is 20.4 Å². The number of nitrogens with zero attached hydrogens (tertiary/aromatic N) is 3. The number of aromatic nitrogens is 4. The van der Waals surface area contributed by atoms with Crippen molar-refractivity contribution in [2.24, 2.45) is 5.92 Å². The second-order valence-corrected chi connectivity index (χ2v) is 7.15. The molecular weight excluding hydrogens is 372 g/mol. The summed E-state index contributed by atoms with van der Waals surface area (Å²) in [6.07, 6.45) is 0. The number of hydrogen-bond donors (Lipinski definition) is 1. The molecule has 0 aliphatic rings. The standard InChI is InChI=1S/C21H20N4O4/c1-12(2)11-25-17-9-6-14(10-16(17)22-19(26)21(25)27)18-23-20(29-24-18)13-4-7-15(28-3)8-5-13/h4-10,12H,11H2,1-3H3,(H,22,26). The molecule has 2 aromatic carbocycles. The molecule has 4 aromatic rings. The fraction of sp³-hybridized carbons (Fsp3) is 0.238. The minimum atomic E-state index is -0.651. The van der Waals surface area contributed by atoms with Gasteiger partial charge in [0.15, 0.2) is 0 Å². The van der Waals surface area contributed by atoms with Crippen molar-refractivity contribution in [3.05, 3.63) is 63.2 Å². The van der Waals surface area contributed by atoms with Crippen LogP contribution in [0, 0.1) is 5.92 Å². The Balaban J connectivity index is 1.75. The van der Waals surface area contributed by atoms with Crippen LogP contribution in [-0.2, 0) is 6.54 Å². The van der Waals surface area contributed by atoms with Gasteiger partial charge in [-0.05, 0) is 48.4 Å². The van der Waals surface area contributed by atoms with Gasteiger partial charge in [0.25, 0.3) is 5.89 Å². The molecule has 29 heavy (non-hydrogen) atoms. The number of rotatable bonds is 5. The number of benzene rings is 2. The van der Waals surface area contributed by atoms with E-state index >= 15 is 0 Å². The van der Waals surface area contributed by atoms with Crippen LogP contribution >= 0.6 is 0 Å². The molecule has 2 aromatic heterocycles. The van der Waals surface area contributed by atoms with Gasteiger partial charge in [0.1, 0.15) is 5.75 Å². The molecule has 0 radical (unpaired) electrons. The Morgan fingerprint density at radius 3 is 2.52 bits per heavy atom. The molecule has 0 amide bonds. The normalized spacial score (nSPS) is 11.3. The van der Waals surface area contributed by atoms with Crippen molar-refractivity contribution >= 4 is 11.0 Å². The van der Waals surface area contributed by atoms with E-state index in [0.29, 0.717) is 34.9 Å². The monoisotopic (exact) mass is 392 g/mol. The van der Waals surface area contributed by atoms with Crippen LogP contribution in [0.5, 0.6) is 5.75 Å². The summed E-state index contributed by atoms with van der Waals surface area (Å²) in [6.45, 7) is 4.45. The van der Waals surface area contributed by atoms with E-state index in [-0.39, 0.29) is 5.92 Å². The van der Waals surface area contributed by atoms with Crippen LogP contribution in [0.4, 0.5) is 0 Å². The first-order valence-corrected chi connectivity index (χ1v) is 9.21. The third-order valence-corrected chi connectivity index (χ3v) is 4.54. The molecule has 0 aliphatic carbocycles. The summed E-state index contributed by atoms with van der Waals surface area (Å²) < 4.78 is 12.0. The highest BCUT2D eigenvalue weighted by Gasteiger charge is 2.14. The summed E-state index contributed by atoms with van der Waals surface area (Å²) in [7, 11) is 1.60. The number of ether oxygens (including phenoxy) is 1. The quantitative estimate of drug-likeness (QED) is 0.524. The fourth-order valence-corrected chi connectivity index (χ4v) is 3.16. The maximum Gasteiger partial charge on any atom is 0.316 e. The van der Waals surface area contributed by atoms with Gasteiger partial charge in [-0.3, -0.25) is 9.59 Å². The van der Waals surface area contributed by atoms with E-state index < -0.39 is 11.1 Å². The van der Waals surface area contributed by atoms with Gasteiger partial charge in [-0.25, -0.2) is 0 Å². The van der Waals surface area contributed by atoms with Crippen LogP contribution < -0.4 is 15.9 Å². The summed E-state index contributed by atoms with van der Waals surface area (Å²) in [6, 6.07) is 12.6. The van der Waals surface area contributed by atoms with Crippen molar-refractivity contribution in [1.29, 1.82) is 0 Å². The SMILES string of the molecule is COc1ccc(-c2nc(-c3ccc4c(c3)[nH]c(=O)c(=O)n4CC(C)C)no2)cc1. The van der Waals surface area contributed by atoms with Gasteiger partial charge < -0.3 is 18.8 Å². The van der Waals surface area contributed by atoms with Crippen LogP contribution in [0.3, 0.4) is 0 Å². The van der Waals surface area contributed by atoms with E-state index in [1.54, 1.807) is 25.3 Å². The average Bonchev–Trinajstić information content (AvgIpc) is 3.21. The van der Waals surface area contributed by atoms with E-state index in [0.717, 1.165) is 11.3 Å². The Morgan fingerprint density at radius 2 is 1.83 bits per heavy atom. The minimum Gasteiger partial charge on any atom is -0.497 e. The zero-order chi connectivity index (χ0) is 20.5. The van der Waals surface area contributed by atoms with Crippen molar-refractivity contribution in [3.63, 3.8) is 0 Å². The number of aromatic amines is 1. The molecule has 8 heteroatoms. The second kappa shape index (κ2) is 7.38. The third-order valence-electron chi connectivity index (χ3n) is 4.54. The molecule has 148 valence electrons. The average molecular weight is 392 g/mol. The lowest BCUT2D eigenvalue weighted by Gasteiger charge is -2.12. The first-order valence-electron chi connectivity index (χ1n) is 9.21. The first kappa shape index (κ1) is 18.7. The molecule has 4 rings (SSSR count). The van der Waals surface area contributed by atoms with Crippen LogP contribution in [0.1, 0.15) is 13.8 Å². The van der Waals surface area contributed by atoms with Crippen LogP contribution in [0.25, 0.3) is 33.9 Å². The Bertz CT molecular complexity index is 1280. The lowest BCUT2D eigenvalue weighted by atomic mass is 10.1. The predicted molar refractivity (Wildman–Crippen MR) is 109 cm³/mol. The maximum absolute atomic E-state index is 12.2. The van der Waals surface area contributed by atoms with E-state index in [9.17, 15) is 9.59 Å². The van der Waals surface area contributed by atoms with E-state index in [1.807, 2.05) is 38.1 Å². The van der Waals surface area contributed by atoms with Gasteiger partial charge in [0, 0.05) is 17.7 Å². The topological polar surface area (TPSA) is 103 Å². The Kier molecular flexibility index (Phi) is 4.75. The number of hydrogen-bond acceptors (Lipinski definition) is 6. The molecule has 0 saturated heterocycles. The lowest BCUT2D eigenvalue weighted by molar-refractivity contribution is 0.414. The zero-order valence-electron chi connectivity index (χ0n) is 16.3. The second-order valence-electron chi connectivity index (χ2n) is 7.15. The maximum atomic E-state index is 12.2. The molecule has 0 atom stereocenters. The van der Waals surface area contributed by atoms with Crippen LogP contribution in [0.15, 0.2) is 56.6 Å². The van der Waals surface area contributed by atoms with Gasteiger partial charge in [-0.15, -0.1) is 0 Å². The molecular formula is C21H20N4O4. The number of nitrogens with one attached hydrogen (secondary N) is 1. The Morgan fingerprint density at radius 1 is 1.10 bits per heavy atom. The van der Waals surface area contributed by atoms with Crippen molar-refractivity contribution in [2.75, 3.05) is 7.11 Å². The highest BCUT2D eigenvalue weighted by atomic mass is 16.5. The largest absolute Gasteiger partial charge is 0.497 e. The third kappa shape index (κ3) is 3.56. The number of H-pyrrole nitrogens is 1. The lowest BCUT2D eigenvalue weighted by Crippen LogP contribution is -2.37. The molecule has 1 N–H and O–H groups in total. The minimum absolute atomic E-state index is 0.224. The molecule has 0 fully saturated rings. The molecule has 0 bridgehead atoms. The highest BCUT2D eigenvalue weighted by Crippen LogP contribution is 2.25. The van der Waals surface area contributed by atoms with Crippen molar-refractivity contribution in [1.82, 2.24) is 19.7 Å². The van der Waals surface area contributed by atoms with Gasteiger partial charge in [-0.1, -0.05) is 19.0 Å². The molecule has 2 heterocycles. The van der Waals surface area contributed by atoms with Gasteiger partial charge >= 0.3 is 11.1 Å². The van der Waals surface area contributed by atoms with Crippen molar-refractivity contribution in [3.8, 4) is 28.6 Å². The molecule has 0 unspecified atom stereocenters.